The molecule has 0 aliphatic carbocycles. The summed E-state index contributed by atoms with van der Waals surface area (Å²) < 4.78 is 0.942. The third kappa shape index (κ3) is 4.58. The van der Waals surface area contributed by atoms with Gasteiger partial charge in [0.15, 0.2) is 0 Å². The maximum Gasteiger partial charge on any atom is 0.251 e. The van der Waals surface area contributed by atoms with E-state index in [9.17, 15) is 9.59 Å². The third-order valence-corrected chi connectivity index (χ3v) is 3.89. The highest BCUT2D eigenvalue weighted by atomic mass is 79.9. The summed E-state index contributed by atoms with van der Waals surface area (Å²) in [5, 5.41) is 3.19. The molecule has 0 heterocycles. The minimum atomic E-state index is -0.774. The van der Waals surface area contributed by atoms with E-state index in [0.717, 1.165) is 10.0 Å². The van der Waals surface area contributed by atoms with Crippen LogP contribution in [-0.4, -0.2) is 17.9 Å². The topological polar surface area (TPSA) is 72.2 Å². The van der Waals surface area contributed by atoms with Crippen LogP contribution in [0.3, 0.4) is 0 Å². The summed E-state index contributed by atoms with van der Waals surface area (Å²) in [5.74, 6) is -0.942. The van der Waals surface area contributed by atoms with Gasteiger partial charge in [-0.05, 0) is 42.0 Å². The van der Waals surface area contributed by atoms with Gasteiger partial charge in [-0.15, -0.1) is 0 Å². The zero-order chi connectivity index (χ0) is 16.1. The molecular weight excluding hydrogens is 368 g/mol. The van der Waals surface area contributed by atoms with Gasteiger partial charge >= 0.3 is 0 Å². The van der Waals surface area contributed by atoms with Crippen LogP contribution in [0.15, 0.2) is 53.0 Å². The summed E-state index contributed by atoms with van der Waals surface area (Å²) in [5.41, 5.74) is 6.71. The van der Waals surface area contributed by atoms with Crippen molar-refractivity contribution in [3.8, 4) is 0 Å². The smallest absolute Gasteiger partial charge is 0.251 e. The number of nitrogens with one attached hydrogen (secondary N) is 1. The first kappa shape index (κ1) is 16.5. The number of hydrogen-bond donors (Lipinski definition) is 2. The molecule has 0 bridgehead atoms. The number of nitrogens with two attached hydrogens (primary N) is 1. The first-order valence-electron chi connectivity index (χ1n) is 6.56. The zero-order valence-electron chi connectivity index (χ0n) is 11.6. The third-order valence-electron chi connectivity index (χ3n) is 3.11. The Labute approximate surface area is 141 Å². The second-order valence-corrected chi connectivity index (χ2v) is 6.12. The monoisotopic (exact) mass is 380 g/mol. The molecule has 2 amide bonds. The lowest BCUT2D eigenvalue weighted by molar-refractivity contribution is -0.119. The molecule has 4 nitrogen and oxygen atoms in total. The Morgan fingerprint density at radius 1 is 1.09 bits per heavy atom. The fraction of sp³-hybridized carbons (Fsp3) is 0.125. The predicted octanol–water partition coefficient (Wildman–Crippen LogP) is 2.93. The van der Waals surface area contributed by atoms with Gasteiger partial charge in [0.05, 0.1) is 0 Å². The van der Waals surface area contributed by atoms with Crippen LogP contribution in [-0.2, 0) is 11.2 Å². The minimum Gasteiger partial charge on any atom is -0.368 e. The van der Waals surface area contributed by atoms with E-state index in [4.69, 9.17) is 17.3 Å². The van der Waals surface area contributed by atoms with Gasteiger partial charge in [0.2, 0.25) is 5.91 Å². The molecule has 114 valence electrons. The number of amides is 2. The fourth-order valence-electron chi connectivity index (χ4n) is 1.92. The molecule has 0 radical (unpaired) electrons. The van der Waals surface area contributed by atoms with Crippen LogP contribution >= 0.6 is 27.5 Å². The molecular formula is C16H14BrClN2O2. The number of halogens is 2. The number of benzene rings is 2. The van der Waals surface area contributed by atoms with Crippen molar-refractivity contribution in [3.63, 3.8) is 0 Å². The van der Waals surface area contributed by atoms with Crippen LogP contribution < -0.4 is 11.1 Å². The van der Waals surface area contributed by atoms with E-state index in [-0.39, 0.29) is 5.91 Å². The molecule has 0 spiro atoms. The first-order valence-corrected chi connectivity index (χ1v) is 7.73. The van der Waals surface area contributed by atoms with Gasteiger partial charge in [-0.2, -0.15) is 0 Å². The molecule has 2 rings (SSSR count). The lowest BCUT2D eigenvalue weighted by Crippen LogP contribution is -2.45. The first-order chi connectivity index (χ1) is 10.5. The molecule has 6 heteroatoms. The van der Waals surface area contributed by atoms with Gasteiger partial charge in [0, 0.05) is 21.5 Å². The van der Waals surface area contributed by atoms with Crippen molar-refractivity contribution >= 4 is 39.3 Å². The number of hydrogen-bond acceptors (Lipinski definition) is 2. The van der Waals surface area contributed by atoms with Crippen LogP contribution in [0.1, 0.15) is 15.9 Å². The molecule has 2 aromatic rings. The largest absolute Gasteiger partial charge is 0.368 e. The zero-order valence-corrected chi connectivity index (χ0v) is 13.9. The Bertz CT molecular complexity index is 672. The summed E-state index contributed by atoms with van der Waals surface area (Å²) in [4.78, 5) is 23.7. The molecule has 0 aliphatic heterocycles. The Morgan fingerprint density at radius 2 is 1.68 bits per heavy atom. The van der Waals surface area contributed by atoms with Gasteiger partial charge < -0.3 is 11.1 Å². The van der Waals surface area contributed by atoms with Crippen LogP contribution in [0.5, 0.6) is 0 Å². The van der Waals surface area contributed by atoms with E-state index in [0.29, 0.717) is 17.0 Å². The molecule has 1 atom stereocenters. The Kier molecular flexibility index (Phi) is 5.57. The molecule has 22 heavy (non-hydrogen) atoms. The van der Waals surface area contributed by atoms with Crippen molar-refractivity contribution in [2.75, 3.05) is 0 Å². The van der Waals surface area contributed by atoms with Crippen LogP contribution in [0.25, 0.3) is 0 Å². The summed E-state index contributed by atoms with van der Waals surface area (Å²) in [7, 11) is 0. The van der Waals surface area contributed by atoms with E-state index in [1.165, 1.54) is 0 Å². The lowest BCUT2D eigenvalue weighted by Gasteiger charge is -2.15. The van der Waals surface area contributed by atoms with E-state index >= 15 is 0 Å². The Hall–Kier alpha value is -1.85. The quantitative estimate of drug-likeness (QED) is 0.836. The normalized spacial score (nSPS) is 11.7. The average Bonchev–Trinajstić information content (AvgIpc) is 2.49. The summed E-state index contributed by atoms with van der Waals surface area (Å²) in [6, 6.07) is 13.1. The van der Waals surface area contributed by atoms with Crippen molar-refractivity contribution in [1.29, 1.82) is 0 Å². The minimum absolute atomic E-state index is 0.335. The SMILES string of the molecule is NC(=O)[C@H](Cc1ccc(Br)cc1)NC(=O)c1ccc(Cl)cc1. The van der Waals surface area contributed by atoms with Crippen molar-refractivity contribution in [2.45, 2.75) is 12.5 Å². The second kappa shape index (κ2) is 7.42. The van der Waals surface area contributed by atoms with Crippen molar-refractivity contribution in [3.05, 3.63) is 69.2 Å². The van der Waals surface area contributed by atoms with Gasteiger partial charge in [0.25, 0.3) is 5.91 Å². The van der Waals surface area contributed by atoms with Crippen molar-refractivity contribution < 1.29 is 9.59 Å². The lowest BCUT2D eigenvalue weighted by atomic mass is 10.0. The van der Waals surface area contributed by atoms with Crippen LogP contribution in [0.2, 0.25) is 5.02 Å². The Balaban J connectivity index is 2.08. The average molecular weight is 382 g/mol. The molecule has 3 N–H and O–H groups in total. The number of primary amides is 1. The van der Waals surface area contributed by atoms with Crippen LogP contribution in [0, 0.1) is 0 Å². The fourth-order valence-corrected chi connectivity index (χ4v) is 2.31. The molecule has 2 aromatic carbocycles. The summed E-state index contributed by atoms with van der Waals surface area (Å²) >= 11 is 9.13. The number of carbonyl (C=O) groups is 2. The van der Waals surface area contributed by atoms with Gasteiger partial charge in [0.1, 0.15) is 6.04 Å². The molecule has 0 saturated heterocycles. The highest BCUT2D eigenvalue weighted by Crippen LogP contribution is 2.13. The molecule has 0 aromatic heterocycles. The Morgan fingerprint density at radius 3 is 2.23 bits per heavy atom. The summed E-state index contributed by atoms with van der Waals surface area (Å²) in [6.07, 6.45) is 0.335. The van der Waals surface area contributed by atoms with E-state index in [2.05, 4.69) is 21.2 Å². The van der Waals surface area contributed by atoms with Gasteiger partial charge in [-0.1, -0.05) is 39.7 Å². The number of rotatable bonds is 5. The standard InChI is InChI=1S/C16H14BrClN2O2/c17-12-5-1-10(2-6-12)9-14(15(19)21)20-16(22)11-3-7-13(18)8-4-11/h1-8,14H,9H2,(H2,19,21)(H,20,22)/t14-/m0/s1. The van der Waals surface area contributed by atoms with Crippen molar-refractivity contribution in [2.24, 2.45) is 5.73 Å². The highest BCUT2D eigenvalue weighted by Gasteiger charge is 2.19. The molecule has 0 fully saturated rings. The highest BCUT2D eigenvalue weighted by molar-refractivity contribution is 9.10. The maximum atomic E-state index is 12.1. The van der Waals surface area contributed by atoms with Gasteiger partial charge in [-0.25, -0.2) is 0 Å². The van der Waals surface area contributed by atoms with Crippen molar-refractivity contribution in [1.82, 2.24) is 5.32 Å². The molecule has 0 unspecified atom stereocenters. The van der Waals surface area contributed by atoms with E-state index in [1.54, 1.807) is 24.3 Å². The van der Waals surface area contributed by atoms with Gasteiger partial charge in [-0.3, -0.25) is 9.59 Å². The van der Waals surface area contributed by atoms with E-state index in [1.807, 2.05) is 24.3 Å². The number of carbonyl (C=O) groups excluding carboxylic acids is 2. The molecule has 0 aliphatic rings. The maximum absolute atomic E-state index is 12.1. The van der Waals surface area contributed by atoms with E-state index < -0.39 is 11.9 Å². The predicted molar refractivity (Wildman–Crippen MR) is 89.7 cm³/mol. The second-order valence-electron chi connectivity index (χ2n) is 4.77. The molecule has 0 saturated carbocycles. The van der Waals surface area contributed by atoms with Crippen LogP contribution in [0.4, 0.5) is 0 Å². The summed E-state index contributed by atoms with van der Waals surface area (Å²) in [6.45, 7) is 0.